The number of carbonyl (C=O) groups excluding carboxylic acids is 2. The molecule has 3 aromatic carbocycles. The topological polar surface area (TPSA) is 86.0 Å². The second kappa shape index (κ2) is 8.00. The molecule has 0 spiro atoms. The number of para-hydroxylation sites is 1. The van der Waals surface area contributed by atoms with Crippen LogP contribution in [0.25, 0.3) is 16.9 Å². The Morgan fingerprint density at radius 1 is 0.824 bits per heavy atom. The maximum Gasteiger partial charge on any atom is 0.282 e. The number of hydrogen-bond donors (Lipinski definition) is 0. The van der Waals surface area contributed by atoms with Gasteiger partial charge in [-0.1, -0.05) is 30.3 Å². The van der Waals surface area contributed by atoms with Crippen LogP contribution in [0.5, 0.6) is 11.5 Å². The fraction of sp³-hybridized carbons (Fsp3) is 0.0769. The van der Waals surface area contributed by atoms with Gasteiger partial charge in [0.05, 0.1) is 23.0 Å². The van der Waals surface area contributed by atoms with E-state index in [9.17, 15) is 9.59 Å². The monoisotopic (exact) mass is 450 g/mol. The average Bonchev–Trinajstić information content (AvgIpc) is 3.42. The molecule has 0 saturated carbocycles. The van der Waals surface area contributed by atoms with Crippen LogP contribution in [0.1, 0.15) is 26.3 Å². The van der Waals surface area contributed by atoms with Gasteiger partial charge in [-0.05, 0) is 42.5 Å². The highest BCUT2D eigenvalue weighted by atomic mass is 16.6. The summed E-state index contributed by atoms with van der Waals surface area (Å²) in [6.45, 7) is 0.982. The Balaban J connectivity index is 1.41. The molecular formula is C26H18N4O4. The number of ether oxygens (including phenoxy) is 2. The van der Waals surface area contributed by atoms with E-state index in [0.717, 1.165) is 16.3 Å². The Kier molecular flexibility index (Phi) is 4.69. The number of nitrogens with zero attached hydrogens (tertiary/aromatic N) is 4. The molecule has 0 aliphatic carbocycles. The van der Waals surface area contributed by atoms with E-state index in [1.165, 1.54) is 6.21 Å². The summed E-state index contributed by atoms with van der Waals surface area (Å²) in [7, 11) is 0. The third-order valence-corrected chi connectivity index (χ3v) is 5.66. The molecule has 0 atom stereocenters. The largest absolute Gasteiger partial charge is 0.486 e. The number of benzene rings is 3. The first kappa shape index (κ1) is 19.9. The summed E-state index contributed by atoms with van der Waals surface area (Å²) in [6.07, 6.45) is 3.30. The van der Waals surface area contributed by atoms with Gasteiger partial charge in [-0.2, -0.15) is 15.2 Å². The van der Waals surface area contributed by atoms with E-state index in [2.05, 4.69) is 5.10 Å². The van der Waals surface area contributed by atoms with E-state index in [1.54, 1.807) is 28.9 Å². The molecule has 0 bridgehead atoms. The summed E-state index contributed by atoms with van der Waals surface area (Å²) in [5.74, 6) is 0.418. The second-order valence-electron chi connectivity index (χ2n) is 7.78. The molecule has 3 heterocycles. The van der Waals surface area contributed by atoms with Crippen LogP contribution in [-0.2, 0) is 0 Å². The quantitative estimate of drug-likeness (QED) is 0.347. The van der Waals surface area contributed by atoms with Crippen LogP contribution in [0.4, 0.5) is 0 Å². The number of carbonyl (C=O) groups is 2. The van der Waals surface area contributed by atoms with Gasteiger partial charge in [0.2, 0.25) is 0 Å². The molecule has 2 aliphatic heterocycles. The fourth-order valence-corrected chi connectivity index (χ4v) is 4.01. The zero-order valence-electron chi connectivity index (χ0n) is 17.9. The minimum atomic E-state index is -0.451. The van der Waals surface area contributed by atoms with Crippen LogP contribution in [0, 0.1) is 0 Å². The van der Waals surface area contributed by atoms with Crippen molar-refractivity contribution in [2.24, 2.45) is 5.10 Å². The van der Waals surface area contributed by atoms with E-state index in [-0.39, 0.29) is 0 Å². The lowest BCUT2D eigenvalue weighted by Crippen LogP contribution is -2.24. The predicted octanol–water partition coefficient (Wildman–Crippen LogP) is 3.94. The molecule has 0 N–H and O–H groups in total. The normalized spacial score (nSPS) is 14.6. The summed E-state index contributed by atoms with van der Waals surface area (Å²) >= 11 is 0. The van der Waals surface area contributed by atoms with Crippen LogP contribution in [-0.4, -0.2) is 46.0 Å². The van der Waals surface area contributed by atoms with E-state index >= 15 is 0 Å². The van der Waals surface area contributed by atoms with Gasteiger partial charge in [0.1, 0.15) is 18.9 Å². The van der Waals surface area contributed by atoms with Crippen LogP contribution >= 0.6 is 0 Å². The van der Waals surface area contributed by atoms with Gasteiger partial charge in [-0.25, -0.2) is 4.68 Å². The van der Waals surface area contributed by atoms with Crippen molar-refractivity contribution in [1.29, 1.82) is 0 Å². The number of fused-ring (bicyclic) bond motifs is 2. The molecule has 8 heteroatoms. The predicted molar refractivity (Wildman–Crippen MR) is 125 cm³/mol. The smallest absolute Gasteiger partial charge is 0.282 e. The van der Waals surface area contributed by atoms with Crippen molar-refractivity contribution in [3.63, 3.8) is 0 Å². The fourth-order valence-electron chi connectivity index (χ4n) is 4.01. The molecular weight excluding hydrogens is 432 g/mol. The van der Waals surface area contributed by atoms with Gasteiger partial charge in [0.25, 0.3) is 11.8 Å². The van der Waals surface area contributed by atoms with Crippen LogP contribution < -0.4 is 9.47 Å². The molecule has 4 aromatic rings. The molecule has 2 amide bonds. The Morgan fingerprint density at radius 3 is 2.24 bits per heavy atom. The average molecular weight is 450 g/mol. The standard InChI is InChI=1S/C26H18N4O4/c31-25-20-8-4-5-9-21(20)26(32)30(25)27-15-18-16-29(19-6-2-1-3-7-19)28-24(18)17-10-11-22-23(14-17)34-13-12-33-22/h1-11,14-16H,12-13H2. The molecule has 1 aromatic heterocycles. The van der Waals surface area contributed by atoms with E-state index < -0.39 is 11.8 Å². The highest BCUT2D eigenvalue weighted by molar-refractivity contribution is 6.21. The minimum Gasteiger partial charge on any atom is -0.486 e. The van der Waals surface area contributed by atoms with Crippen molar-refractivity contribution in [3.8, 4) is 28.4 Å². The molecule has 0 unspecified atom stereocenters. The maximum atomic E-state index is 12.7. The minimum absolute atomic E-state index is 0.344. The van der Waals surface area contributed by atoms with Crippen molar-refractivity contribution >= 4 is 18.0 Å². The van der Waals surface area contributed by atoms with E-state index in [4.69, 9.17) is 14.6 Å². The lowest BCUT2D eigenvalue weighted by Gasteiger charge is -2.18. The summed E-state index contributed by atoms with van der Waals surface area (Å²) in [6, 6.07) is 21.9. The first-order valence-corrected chi connectivity index (χ1v) is 10.8. The van der Waals surface area contributed by atoms with Crippen LogP contribution in [0.15, 0.2) is 84.1 Å². The van der Waals surface area contributed by atoms with Crippen molar-refractivity contribution in [2.75, 3.05) is 13.2 Å². The van der Waals surface area contributed by atoms with Gasteiger partial charge in [0.15, 0.2) is 11.5 Å². The number of hydrazone groups is 1. The summed E-state index contributed by atoms with van der Waals surface area (Å²) in [5.41, 5.74) is 3.61. The lowest BCUT2D eigenvalue weighted by atomic mass is 10.1. The molecule has 166 valence electrons. The number of imide groups is 1. The third kappa shape index (κ3) is 3.32. The summed E-state index contributed by atoms with van der Waals surface area (Å²) in [5, 5.41) is 9.90. The third-order valence-electron chi connectivity index (χ3n) is 5.66. The second-order valence-corrected chi connectivity index (χ2v) is 7.78. The van der Waals surface area contributed by atoms with Gasteiger partial charge < -0.3 is 9.47 Å². The summed E-state index contributed by atoms with van der Waals surface area (Å²) in [4.78, 5) is 25.4. The van der Waals surface area contributed by atoms with Crippen LogP contribution in [0.2, 0.25) is 0 Å². The SMILES string of the molecule is O=C1c2ccccc2C(=O)N1N=Cc1cn(-c2ccccc2)nc1-c1ccc2c(c1)OCCO2. The van der Waals surface area contributed by atoms with Crippen molar-refractivity contribution in [2.45, 2.75) is 0 Å². The molecule has 6 rings (SSSR count). The van der Waals surface area contributed by atoms with E-state index in [0.29, 0.717) is 47.1 Å². The Bertz CT molecular complexity index is 1420. The molecule has 34 heavy (non-hydrogen) atoms. The van der Waals surface area contributed by atoms with Gasteiger partial charge in [-0.15, -0.1) is 0 Å². The van der Waals surface area contributed by atoms with E-state index in [1.807, 2.05) is 54.7 Å². The maximum absolute atomic E-state index is 12.7. The molecule has 0 fully saturated rings. The lowest BCUT2D eigenvalue weighted by molar-refractivity contribution is 0.0660. The van der Waals surface area contributed by atoms with Gasteiger partial charge in [-0.3, -0.25) is 9.59 Å². The Hall–Kier alpha value is -4.72. The highest BCUT2D eigenvalue weighted by Gasteiger charge is 2.35. The van der Waals surface area contributed by atoms with Crippen molar-refractivity contribution in [3.05, 3.63) is 95.7 Å². The highest BCUT2D eigenvalue weighted by Crippen LogP contribution is 2.35. The van der Waals surface area contributed by atoms with Crippen LogP contribution in [0.3, 0.4) is 0 Å². The zero-order valence-corrected chi connectivity index (χ0v) is 17.9. The number of rotatable bonds is 4. The van der Waals surface area contributed by atoms with Crippen molar-refractivity contribution < 1.29 is 19.1 Å². The Morgan fingerprint density at radius 2 is 1.50 bits per heavy atom. The number of amides is 2. The number of hydrogen-bond acceptors (Lipinski definition) is 6. The first-order chi connectivity index (χ1) is 16.7. The summed E-state index contributed by atoms with van der Waals surface area (Å²) < 4.78 is 13.1. The zero-order chi connectivity index (χ0) is 23.1. The Labute approximate surface area is 194 Å². The van der Waals surface area contributed by atoms with Crippen molar-refractivity contribution in [1.82, 2.24) is 14.8 Å². The number of aromatic nitrogens is 2. The first-order valence-electron chi connectivity index (χ1n) is 10.8. The van der Waals surface area contributed by atoms with Gasteiger partial charge in [0, 0.05) is 17.3 Å². The molecule has 2 aliphatic rings. The van der Waals surface area contributed by atoms with Gasteiger partial charge >= 0.3 is 0 Å². The molecule has 8 nitrogen and oxygen atoms in total. The molecule has 0 radical (unpaired) electrons. The molecule has 0 saturated heterocycles.